The van der Waals surface area contributed by atoms with Gasteiger partial charge in [-0.1, -0.05) is 24.3 Å². The number of aromatic nitrogens is 8. The summed E-state index contributed by atoms with van der Waals surface area (Å²) in [5.41, 5.74) is 7.87. The molecule has 7 rings (SSSR count). The normalized spacial score (nSPS) is 11.3. The van der Waals surface area contributed by atoms with Crippen molar-refractivity contribution < 1.29 is 4.79 Å². The second-order valence-corrected chi connectivity index (χ2v) is 9.18. The Morgan fingerprint density at radius 3 is 2.64 bits per heavy atom. The summed E-state index contributed by atoms with van der Waals surface area (Å²) in [5.74, 6) is 0.438. The van der Waals surface area contributed by atoms with Crippen molar-refractivity contribution in [3.8, 4) is 28.3 Å². The van der Waals surface area contributed by atoms with Crippen LogP contribution in [0.15, 0.2) is 91.9 Å². The summed E-state index contributed by atoms with van der Waals surface area (Å²) in [7, 11) is 0. The van der Waals surface area contributed by atoms with Gasteiger partial charge in [0.2, 0.25) is 0 Å². The fourth-order valence-electron chi connectivity index (χ4n) is 4.61. The summed E-state index contributed by atoms with van der Waals surface area (Å²) in [5, 5.41) is 11.5. The van der Waals surface area contributed by atoms with Crippen LogP contribution in [0, 0.1) is 6.92 Å². The molecule has 0 fully saturated rings. The standard InChI is InChI=1S/C29H21N9O/c1-17-15-38(16-32-17)25-14-31-13-24-27(25)35-28(34-24)26-22-10-19(7-8-23(22)36-37-26)20-9-21(12-30-11-20)33-29(39)18-5-3-2-4-6-18/h2-16H,1H3,(H,33,39)(H,34,35)(H,36,37). The molecule has 7 aromatic rings. The van der Waals surface area contributed by atoms with Crippen LogP contribution in [-0.4, -0.2) is 45.6 Å². The molecular formula is C29H21N9O. The topological polar surface area (TPSA) is 130 Å². The maximum absolute atomic E-state index is 12.6. The molecule has 0 aliphatic heterocycles. The van der Waals surface area contributed by atoms with Crippen molar-refractivity contribution in [3.63, 3.8) is 0 Å². The lowest BCUT2D eigenvalue weighted by Crippen LogP contribution is -2.11. The van der Waals surface area contributed by atoms with Crippen LogP contribution in [0.25, 0.3) is 50.3 Å². The number of aromatic amines is 2. The number of pyridine rings is 2. The van der Waals surface area contributed by atoms with Crippen LogP contribution < -0.4 is 5.32 Å². The maximum atomic E-state index is 12.6. The third kappa shape index (κ3) is 4.09. The monoisotopic (exact) mass is 511 g/mol. The van der Waals surface area contributed by atoms with Gasteiger partial charge in [-0.25, -0.2) is 9.97 Å². The minimum Gasteiger partial charge on any atom is -0.335 e. The predicted molar refractivity (Wildman–Crippen MR) is 148 cm³/mol. The first-order chi connectivity index (χ1) is 19.1. The van der Waals surface area contributed by atoms with Crippen LogP contribution >= 0.6 is 0 Å². The molecule has 5 aromatic heterocycles. The van der Waals surface area contributed by atoms with Gasteiger partial charge in [0, 0.05) is 28.9 Å². The highest BCUT2D eigenvalue weighted by Crippen LogP contribution is 2.31. The van der Waals surface area contributed by atoms with Gasteiger partial charge in [0.15, 0.2) is 5.82 Å². The van der Waals surface area contributed by atoms with Gasteiger partial charge < -0.3 is 14.9 Å². The van der Waals surface area contributed by atoms with Gasteiger partial charge in [-0.15, -0.1) is 0 Å². The summed E-state index contributed by atoms with van der Waals surface area (Å²) >= 11 is 0. The quantitative estimate of drug-likeness (QED) is 0.287. The second-order valence-electron chi connectivity index (χ2n) is 9.18. The predicted octanol–water partition coefficient (Wildman–Crippen LogP) is 5.31. The SMILES string of the molecule is Cc1cn(-c2cncc3[nH]c(-c4n[nH]c5ccc(-c6cncc(NC(=O)c7ccccc7)c6)cc45)nc23)cn1. The Morgan fingerprint density at radius 1 is 0.923 bits per heavy atom. The number of hydrogen-bond donors (Lipinski definition) is 3. The van der Waals surface area contributed by atoms with Crippen LogP contribution in [0.3, 0.4) is 0 Å². The maximum Gasteiger partial charge on any atom is 0.255 e. The lowest BCUT2D eigenvalue weighted by atomic mass is 10.0. The number of amides is 1. The molecule has 0 bridgehead atoms. The van der Waals surface area contributed by atoms with Crippen molar-refractivity contribution in [1.29, 1.82) is 0 Å². The number of rotatable bonds is 5. The zero-order chi connectivity index (χ0) is 26.3. The number of carbonyl (C=O) groups excluding carboxylic acids is 1. The van der Waals surface area contributed by atoms with E-state index in [0.717, 1.165) is 44.4 Å². The molecule has 0 unspecified atom stereocenters. The molecule has 0 saturated heterocycles. The molecule has 0 radical (unpaired) electrons. The minimum atomic E-state index is -0.188. The number of imidazole rings is 2. The number of anilines is 1. The molecule has 10 heteroatoms. The Morgan fingerprint density at radius 2 is 1.79 bits per heavy atom. The highest BCUT2D eigenvalue weighted by Gasteiger charge is 2.16. The molecule has 0 atom stereocenters. The Balaban J connectivity index is 1.25. The van der Waals surface area contributed by atoms with Crippen LogP contribution in [0.1, 0.15) is 16.1 Å². The Kier molecular flexibility index (Phi) is 5.22. The van der Waals surface area contributed by atoms with Crippen LogP contribution in [0.5, 0.6) is 0 Å². The van der Waals surface area contributed by atoms with E-state index in [4.69, 9.17) is 4.98 Å². The molecule has 3 N–H and O–H groups in total. The summed E-state index contributed by atoms with van der Waals surface area (Å²) < 4.78 is 1.91. The van der Waals surface area contributed by atoms with Crippen LogP contribution in [0.4, 0.5) is 5.69 Å². The van der Waals surface area contributed by atoms with E-state index < -0.39 is 0 Å². The van der Waals surface area contributed by atoms with Gasteiger partial charge in [-0.3, -0.25) is 19.9 Å². The van der Waals surface area contributed by atoms with E-state index in [1.807, 2.05) is 60.2 Å². The van der Waals surface area contributed by atoms with Gasteiger partial charge in [0.25, 0.3) is 5.91 Å². The van der Waals surface area contributed by atoms with Gasteiger partial charge >= 0.3 is 0 Å². The van der Waals surface area contributed by atoms with E-state index in [1.54, 1.807) is 43.2 Å². The van der Waals surface area contributed by atoms with Gasteiger partial charge in [0.05, 0.1) is 53.0 Å². The summed E-state index contributed by atoms with van der Waals surface area (Å²) in [4.78, 5) is 33.9. The van der Waals surface area contributed by atoms with Crippen LogP contribution in [0.2, 0.25) is 0 Å². The van der Waals surface area contributed by atoms with E-state index in [-0.39, 0.29) is 5.91 Å². The number of H-pyrrole nitrogens is 2. The van der Waals surface area contributed by atoms with E-state index >= 15 is 0 Å². The van der Waals surface area contributed by atoms with Crippen molar-refractivity contribution >= 4 is 33.5 Å². The average Bonchev–Trinajstić information content (AvgIpc) is 3.71. The number of nitrogens with zero attached hydrogens (tertiary/aromatic N) is 6. The Hall–Kier alpha value is -5.64. The number of benzene rings is 2. The lowest BCUT2D eigenvalue weighted by molar-refractivity contribution is 0.102. The lowest BCUT2D eigenvalue weighted by Gasteiger charge is -2.08. The van der Waals surface area contributed by atoms with E-state index in [2.05, 4.69) is 35.5 Å². The molecule has 39 heavy (non-hydrogen) atoms. The van der Waals surface area contributed by atoms with E-state index in [1.165, 1.54) is 0 Å². The van der Waals surface area contributed by atoms with Crippen molar-refractivity contribution in [2.24, 2.45) is 0 Å². The largest absolute Gasteiger partial charge is 0.335 e. The fraction of sp³-hybridized carbons (Fsp3) is 0.0345. The van der Waals surface area contributed by atoms with E-state index in [0.29, 0.717) is 22.8 Å². The van der Waals surface area contributed by atoms with Crippen molar-refractivity contribution in [2.45, 2.75) is 6.92 Å². The van der Waals surface area contributed by atoms with Crippen molar-refractivity contribution in [2.75, 3.05) is 5.32 Å². The first-order valence-corrected chi connectivity index (χ1v) is 12.3. The molecule has 1 amide bonds. The molecular weight excluding hydrogens is 490 g/mol. The van der Waals surface area contributed by atoms with Crippen LogP contribution in [-0.2, 0) is 0 Å². The second kappa shape index (κ2) is 9.03. The fourth-order valence-corrected chi connectivity index (χ4v) is 4.61. The molecule has 10 nitrogen and oxygen atoms in total. The van der Waals surface area contributed by atoms with E-state index in [9.17, 15) is 4.79 Å². The molecule has 0 spiro atoms. The number of aryl methyl sites for hydroxylation is 1. The number of hydrogen-bond acceptors (Lipinski definition) is 6. The van der Waals surface area contributed by atoms with Crippen molar-refractivity contribution in [1.82, 2.24) is 39.7 Å². The molecule has 0 saturated carbocycles. The zero-order valence-corrected chi connectivity index (χ0v) is 20.8. The zero-order valence-electron chi connectivity index (χ0n) is 20.8. The Labute approximate surface area is 221 Å². The average molecular weight is 512 g/mol. The third-order valence-electron chi connectivity index (χ3n) is 6.52. The third-order valence-corrected chi connectivity index (χ3v) is 6.52. The number of fused-ring (bicyclic) bond motifs is 2. The summed E-state index contributed by atoms with van der Waals surface area (Å²) in [6.45, 7) is 1.94. The summed E-state index contributed by atoms with van der Waals surface area (Å²) in [6.07, 6.45) is 10.6. The molecule has 5 heterocycles. The van der Waals surface area contributed by atoms with Gasteiger partial charge in [-0.05, 0) is 42.8 Å². The van der Waals surface area contributed by atoms with Gasteiger partial charge in [0.1, 0.15) is 11.2 Å². The molecule has 0 aliphatic rings. The smallest absolute Gasteiger partial charge is 0.255 e. The highest BCUT2D eigenvalue weighted by molar-refractivity contribution is 6.04. The first-order valence-electron chi connectivity index (χ1n) is 12.3. The van der Waals surface area contributed by atoms with Gasteiger partial charge in [-0.2, -0.15) is 5.10 Å². The molecule has 0 aliphatic carbocycles. The number of nitrogens with one attached hydrogen (secondary N) is 3. The highest BCUT2D eigenvalue weighted by atomic mass is 16.1. The van der Waals surface area contributed by atoms with Crippen molar-refractivity contribution in [3.05, 3.63) is 103 Å². The molecule has 188 valence electrons. The minimum absolute atomic E-state index is 0.188. The number of carbonyl (C=O) groups is 1. The summed E-state index contributed by atoms with van der Waals surface area (Å²) in [6, 6.07) is 17.0. The first kappa shape index (κ1) is 22.5. The molecule has 2 aromatic carbocycles. The Bertz CT molecular complexity index is 1980.